The molecule has 20 heavy (non-hydrogen) atoms. The Morgan fingerprint density at radius 1 is 1.45 bits per heavy atom. The zero-order chi connectivity index (χ0) is 14.5. The highest BCUT2D eigenvalue weighted by Crippen LogP contribution is 2.27. The van der Waals surface area contributed by atoms with Crippen LogP contribution in [0.2, 0.25) is 0 Å². The minimum Gasteiger partial charge on any atom is -0.339 e. The molecule has 1 aromatic carbocycles. The molecule has 0 spiro atoms. The molecule has 110 valence electrons. The number of rotatable bonds is 5. The van der Waals surface area contributed by atoms with Crippen LogP contribution in [0.5, 0.6) is 0 Å². The Morgan fingerprint density at radius 2 is 2.25 bits per heavy atom. The summed E-state index contributed by atoms with van der Waals surface area (Å²) < 4.78 is 13.2. The average molecular weight is 278 g/mol. The number of halogens is 1. The Kier molecular flexibility index (Phi) is 5.12. The van der Waals surface area contributed by atoms with Crippen LogP contribution in [-0.2, 0) is 11.3 Å². The first-order chi connectivity index (χ1) is 9.60. The van der Waals surface area contributed by atoms with E-state index < -0.39 is 0 Å². The SMILES string of the molecule is CCN(Cc1cccc(F)c1)C(=O)C[C@@H]1CCC[C@H]1N. The van der Waals surface area contributed by atoms with E-state index in [4.69, 9.17) is 5.73 Å². The van der Waals surface area contributed by atoms with Crippen LogP contribution in [0.1, 0.15) is 38.2 Å². The molecule has 1 saturated carbocycles. The fraction of sp³-hybridized carbons (Fsp3) is 0.562. The van der Waals surface area contributed by atoms with Gasteiger partial charge in [0.2, 0.25) is 5.91 Å². The van der Waals surface area contributed by atoms with Gasteiger partial charge in [-0.05, 0) is 43.4 Å². The number of hydrogen-bond donors (Lipinski definition) is 1. The molecule has 1 amide bonds. The van der Waals surface area contributed by atoms with Crippen molar-refractivity contribution in [2.75, 3.05) is 6.54 Å². The zero-order valence-electron chi connectivity index (χ0n) is 12.0. The van der Waals surface area contributed by atoms with E-state index in [9.17, 15) is 9.18 Å². The van der Waals surface area contributed by atoms with Crippen molar-refractivity contribution in [2.45, 2.75) is 45.2 Å². The van der Waals surface area contributed by atoms with Crippen LogP contribution in [0.3, 0.4) is 0 Å². The third kappa shape index (κ3) is 3.79. The van der Waals surface area contributed by atoms with E-state index >= 15 is 0 Å². The summed E-state index contributed by atoms with van der Waals surface area (Å²) in [6, 6.07) is 6.58. The summed E-state index contributed by atoms with van der Waals surface area (Å²) in [4.78, 5) is 14.1. The molecule has 0 aromatic heterocycles. The Balaban J connectivity index is 1.95. The largest absolute Gasteiger partial charge is 0.339 e. The lowest BCUT2D eigenvalue weighted by molar-refractivity contribution is -0.132. The van der Waals surface area contributed by atoms with Gasteiger partial charge >= 0.3 is 0 Å². The molecule has 1 aliphatic rings. The Morgan fingerprint density at radius 3 is 2.85 bits per heavy atom. The van der Waals surface area contributed by atoms with Crippen LogP contribution in [0.25, 0.3) is 0 Å². The molecule has 0 unspecified atom stereocenters. The first-order valence-corrected chi connectivity index (χ1v) is 7.38. The van der Waals surface area contributed by atoms with Crippen molar-refractivity contribution < 1.29 is 9.18 Å². The van der Waals surface area contributed by atoms with Gasteiger partial charge in [0.1, 0.15) is 5.82 Å². The molecule has 0 heterocycles. The van der Waals surface area contributed by atoms with Crippen LogP contribution in [0.15, 0.2) is 24.3 Å². The van der Waals surface area contributed by atoms with Gasteiger partial charge in [0.15, 0.2) is 0 Å². The first-order valence-electron chi connectivity index (χ1n) is 7.38. The van der Waals surface area contributed by atoms with Crippen molar-refractivity contribution in [1.82, 2.24) is 4.90 Å². The molecule has 2 N–H and O–H groups in total. The molecule has 1 aliphatic carbocycles. The number of hydrogen-bond acceptors (Lipinski definition) is 2. The standard InChI is InChI=1S/C16H23FN2O/c1-2-19(11-12-5-3-7-14(17)9-12)16(20)10-13-6-4-8-15(13)18/h3,5,7,9,13,15H,2,4,6,8,10-11,18H2,1H3/t13-,15+/m0/s1. The number of amides is 1. The van der Waals surface area contributed by atoms with Gasteiger partial charge < -0.3 is 10.6 Å². The summed E-state index contributed by atoms with van der Waals surface area (Å²) in [5.74, 6) is 0.173. The lowest BCUT2D eigenvalue weighted by Gasteiger charge is -2.24. The summed E-state index contributed by atoms with van der Waals surface area (Å²) in [5.41, 5.74) is 6.85. The van der Waals surface area contributed by atoms with Crippen molar-refractivity contribution in [3.63, 3.8) is 0 Å². The average Bonchev–Trinajstić information content (AvgIpc) is 2.81. The van der Waals surface area contributed by atoms with E-state index in [-0.39, 0.29) is 17.8 Å². The van der Waals surface area contributed by atoms with Crippen molar-refractivity contribution >= 4 is 5.91 Å². The topological polar surface area (TPSA) is 46.3 Å². The molecule has 1 aromatic rings. The summed E-state index contributed by atoms with van der Waals surface area (Å²) >= 11 is 0. The number of nitrogens with two attached hydrogens (primary N) is 1. The Labute approximate surface area is 120 Å². The van der Waals surface area contributed by atoms with Gasteiger partial charge in [-0.25, -0.2) is 4.39 Å². The minimum atomic E-state index is -0.260. The quantitative estimate of drug-likeness (QED) is 0.900. The number of nitrogens with zero attached hydrogens (tertiary/aromatic N) is 1. The predicted molar refractivity (Wildman–Crippen MR) is 77.4 cm³/mol. The maximum atomic E-state index is 13.2. The first kappa shape index (κ1) is 15.0. The fourth-order valence-electron chi connectivity index (χ4n) is 2.90. The second-order valence-electron chi connectivity index (χ2n) is 5.60. The molecular formula is C16H23FN2O. The second kappa shape index (κ2) is 6.84. The molecule has 2 rings (SSSR count). The summed E-state index contributed by atoms with van der Waals surface area (Å²) in [5, 5.41) is 0. The van der Waals surface area contributed by atoms with Crippen LogP contribution in [-0.4, -0.2) is 23.4 Å². The fourth-order valence-corrected chi connectivity index (χ4v) is 2.90. The summed E-state index contributed by atoms with van der Waals surface area (Å²) in [6.45, 7) is 3.05. The van der Waals surface area contributed by atoms with E-state index in [1.54, 1.807) is 11.0 Å². The molecule has 0 aliphatic heterocycles. The lowest BCUT2D eigenvalue weighted by atomic mass is 9.99. The van der Waals surface area contributed by atoms with E-state index in [0.29, 0.717) is 25.4 Å². The molecule has 0 radical (unpaired) electrons. The van der Waals surface area contributed by atoms with Crippen molar-refractivity contribution in [1.29, 1.82) is 0 Å². The van der Waals surface area contributed by atoms with Crippen molar-refractivity contribution in [3.8, 4) is 0 Å². The van der Waals surface area contributed by atoms with E-state index in [0.717, 1.165) is 24.8 Å². The van der Waals surface area contributed by atoms with Gasteiger partial charge in [-0.2, -0.15) is 0 Å². The molecule has 3 nitrogen and oxygen atoms in total. The van der Waals surface area contributed by atoms with Gasteiger partial charge in [-0.3, -0.25) is 4.79 Å². The minimum absolute atomic E-state index is 0.124. The van der Waals surface area contributed by atoms with Gasteiger partial charge in [-0.15, -0.1) is 0 Å². The lowest BCUT2D eigenvalue weighted by Crippen LogP contribution is -2.34. The van der Waals surface area contributed by atoms with Gasteiger partial charge in [-0.1, -0.05) is 18.6 Å². The number of carbonyl (C=O) groups excluding carboxylic acids is 1. The molecular weight excluding hydrogens is 255 g/mol. The molecule has 1 fully saturated rings. The van der Waals surface area contributed by atoms with Crippen LogP contribution in [0.4, 0.5) is 4.39 Å². The highest BCUT2D eigenvalue weighted by atomic mass is 19.1. The second-order valence-corrected chi connectivity index (χ2v) is 5.60. The Bertz CT molecular complexity index is 464. The zero-order valence-corrected chi connectivity index (χ0v) is 12.0. The highest BCUT2D eigenvalue weighted by Gasteiger charge is 2.27. The third-order valence-corrected chi connectivity index (χ3v) is 4.15. The van der Waals surface area contributed by atoms with Crippen LogP contribution in [0, 0.1) is 11.7 Å². The van der Waals surface area contributed by atoms with Crippen LogP contribution >= 0.6 is 0 Å². The van der Waals surface area contributed by atoms with Gasteiger partial charge in [0, 0.05) is 25.6 Å². The number of carbonyl (C=O) groups is 1. The normalized spacial score (nSPS) is 21.9. The van der Waals surface area contributed by atoms with E-state index in [1.807, 2.05) is 13.0 Å². The van der Waals surface area contributed by atoms with E-state index in [1.165, 1.54) is 12.1 Å². The molecule has 0 saturated heterocycles. The highest BCUT2D eigenvalue weighted by molar-refractivity contribution is 5.76. The monoisotopic (exact) mass is 278 g/mol. The Hall–Kier alpha value is -1.42. The molecule has 0 bridgehead atoms. The predicted octanol–water partition coefficient (Wildman–Crippen LogP) is 2.69. The van der Waals surface area contributed by atoms with Gasteiger partial charge in [0.25, 0.3) is 0 Å². The smallest absolute Gasteiger partial charge is 0.223 e. The maximum Gasteiger partial charge on any atom is 0.223 e. The maximum absolute atomic E-state index is 13.2. The van der Waals surface area contributed by atoms with Crippen LogP contribution < -0.4 is 5.73 Å². The summed E-state index contributed by atoms with van der Waals surface area (Å²) in [6.07, 6.45) is 3.71. The van der Waals surface area contributed by atoms with E-state index in [2.05, 4.69) is 0 Å². The number of benzene rings is 1. The summed E-state index contributed by atoms with van der Waals surface area (Å²) in [7, 11) is 0. The third-order valence-electron chi connectivity index (χ3n) is 4.15. The van der Waals surface area contributed by atoms with Crippen molar-refractivity contribution in [2.24, 2.45) is 11.7 Å². The van der Waals surface area contributed by atoms with Gasteiger partial charge in [0.05, 0.1) is 0 Å². The molecule has 2 atom stereocenters. The molecule has 4 heteroatoms. The van der Waals surface area contributed by atoms with Crippen molar-refractivity contribution in [3.05, 3.63) is 35.6 Å².